The van der Waals surface area contributed by atoms with E-state index in [4.69, 9.17) is 0 Å². The molecular formula is C50H37N3. The molecule has 10 rings (SSSR count). The van der Waals surface area contributed by atoms with Gasteiger partial charge in [-0.15, -0.1) is 0 Å². The highest BCUT2D eigenvalue weighted by Crippen LogP contribution is 2.51. The smallest absolute Gasteiger partial charge is 0.0541 e. The molecule has 9 aromatic rings. The first-order chi connectivity index (χ1) is 26.0. The fourth-order valence-electron chi connectivity index (χ4n) is 8.41. The normalized spacial score (nSPS) is 12.9. The average Bonchev–Trinajstić information content (AvgIpc) is 3.67. The minimum Gasteiger partial charge on any atom is -0.310 e. The lowest BCUT2D eigenvalue weighted by Gasteiger charge is -2.28. The molecule has 0 N–H and O–H groups in total. The van der Waals surface area contributed by atoms with Crippen LogP contribution < -0.4 is 4.90 Å². The summed E-state index contributed by atoms with van der Waals surface area (Å²) in [5.74, 6) is 0. The standard InChI is InChI=1S/C50H37N3/c1-50(2)46-31-40(26-28-42(46)43-29-27-41(32-47(43)50)53-48-16-8-6-14-44(48)45-15-7-9-17-49(45)53)52(38-22-18-35(19-23-38)34-11-4-3-5-12-34)39-24-20-36(21-25-39)37-13-10-30-51-33-37/h3-33H,1-2H3. The number of rotatable bonds is 6. The number of nitrogens with zero attached hydrogens (tertiary/aromatic N) is 3. The van der Waals surface area contributed by atoms with Crippen LogP contribution in [0.1, 0.15) is 25.0 Å². The van der Waals surface area contributed by atoms with Gasteiger partial charge in [0.05, 0.1) is 11.0 Å². The summed E-state index contributed by atoms with van der Waals surface area (Å²) < 4.78 is 2.42. The molecule has 0 radical (unpaired) electrons. The van der Waals surface area contributed by atoms with Gasteiger partial charge in [0.2, 0.25) is 0 Å². The zero-order valence-electron chi connectivity index (χ0n) is 29.7. The fraction of sp³-hybridized carbons (Fsp3) is 0.0600. The Morgan fingerprint density at radius 1 is 0.453 bits per heavy atom. The van der Waals surface area contributed by atoms with Gasteiger partial charge in [0.15, 0.2) is 0 Å². The molecule has 0 saturated carbocycles. The molecule has 53 heavy (non-hydrogen) atoms. The predicted octanol–water partition coefficient (Wildman–Crippen LogP) is 13.3. The second-order valence-electron chi connectivity index (χ2n) is 14.5. The van der Waals surface area contributed by atoms with Crippen LogP contribution in [-0.4, -0.2) is 9.55 Å². The summed E-state index contributed by atoms with van der Waals surface area (Å²) in [6.45, 7) is 4.75. The van der Waals surface area contributed by atoms with Crippen LogP contribution >= 0.6 is 0 Å². The highest BCUT2D eigenvalue weighted by Gasteiger charge is 2.36. The Kier molecular flexibility index (Phi) is 7.16. The number of hydrogen-bond acceptors (Lipinski definition) is 2. The number of hydrogen-bond donors (Lipinski definition) is 0. The molecule has 0 bridgehead atoms. The van der Waals surface area contributed by atoms with Gasteiger partial charge in [0, 0.05) is 51.3 Å². The third-order valence-electron chi connectivity index (χ3n) is 11.1. The van der Waals surface area contributed by atoms with Gasteiger partial charge < -0.3 is 9.47 Å². The molecule has 3 nitrogen and oxygen atoms in total. The number of anilines is 3. The maximum Gasteiger partial charge on any atom is 0.0541 e. The summed E-state index contributed by atoms with van der Waals surface area (Å²) in [6, 6.07) is 64.0. The van der Waals surface area contributed by atoms with E-state index >= 15 is 0 Å². The summed E-state index contributed by atoms with van der Waals surface area (Å²) >= 11 is 0. The molecule has 0 unspecified atom stereocenters. The van der Waals surface area contributed by atoms with E-state index in [1.165, 1.54) is 60.9 Å². The van der Waals surface area contributed by atoms with Crippen molar-refractivity contribution in [2.75, 3.05) is 4.90 Å². The van der Waals surface area contributed by atoms with E-state index in [0.29, 0.717) is 0 Å². The van der Waals surface area contributed by atoms with Crippen LogP contribution in [0.3, 0.4) is 0 Å². The van der Waals surface area contributed by atoms with Crippen molar-refractivity contribution < 1.29 is 0 Å². The van der Waals surface area contributed by atoms with Crippen molar-refractivity contribution >= 4 is 38.9 Å². The average molecular weight is 680 g/mol. The van der Waals surface area contributed by atoms with Crippen LogP contribution in [0.15, 0.2) is 188 Å². The van der Waals surface area contributed by atoms with Gasteiger partial charge in [-0.1, -0.05) is 123 Å². The Morgan fingerprint density at radius 2 is 0.962 bits per heavy atom. The minimum absolute atomic E-state index is 0.206. The lowest BCUT2D eigenvalue weighted by molar-refractivity contribution is 0.660. The van der Waals surface area contributed by atoms with Crippen LogP contribution in [0.2, 0.25) is 0 Å². The predicted molar refractivity (Wildman–Crippen MR) is 222 cm³/mol. The van der Waals surface area contributed by atoms with E-state index in [1.807, 2.05) is 18.5 Å². The lowest BCUT2D eigenvalue weighted by atomic mass is 9.82. The van der Waals surface area contributed by atoms with Crippen LogP contribution in [-0.2, 0) is 5.41 Å². The third-order valence-corrected chi connectivity index (χ3v) is 11.1. The van der Waals surface area contributed by atoms with E-state index < -0.39 is 0 Å². The maximum atomic E-state index is 4.35. The molecule has 0 saturated heterocycles. The van der Waals surface area contributed by atoms with Crippen LogP contribution in [0.25, 0.3) is 60.9 Å². The molecule has 1 aliphatic rings. The van der Waals surface area contributed by atoms with Crippen LogP contribution in [0.5, 0.6) is 0 Å². The second-order valence-corrected chi connectivity index (χ2v) is 14.5. The number of fused-ring (bicyclic) bond motifs is 6. The summed E-state index contributed by atoms with van der Waals surface area (Å²) in [7, 11) is 0. The Labute approximate surface area is 310 Å². The van der Waals surface area contributed by atoms with Gasteiger partial charge in [-0.2, -0.15) is 0 Å². The maximum absolute atomic E-state index is 4.35. The SMILES string of the molecule is CC1(C)c2cc(N(c3ccc(-c4ccccc4)cc3)c3ccc(-c4cccnc4)cc3)ccc2-c2ccc(-n3c4ccccc4c4ccccc43)cc21. The fourth-order valence-corrected chi connectivity index (χ4v) is 8.41. The van der Waals surface area contributed by atoms with Crippen molar-refractivity contribution in [2.24, 2.45) is 0 Å². The quantitative estimate of drug-likeness (QED) is 0.174. The van der Waals surface area contributed by atoms with E-state index in [2.05, 4.69) is 198 Å². The molecule has 0 aliphatic heterocycles. The Morgan fingerprint density at radius 3 is 1.58 bits per heavy atom. The molecule has 3 heteroatoms. The van der Waals surface area contributed by atoms with Gasteiger partial charge >= 0.3 is 0 Å². The van der Waals surface area contributed by atoms with E-state index in [1.54, 1.807) is 0 Å². The Balaban J connectivity index is 1.08. The van der Waals surface area contributed by atoms with Gasteiger partial charge in [0.25, 0.3) is 0 Å². The molecule has 0 spiro atoms. The van der Waals surface area contributed by atoms with Crippen molar-refractivity contribution in [3.63, 3.8) is 0 Å². The highest BCUT2D eigenvalue weighted by molar-refractivity contribution is 6.09. The van der Waals surface area contributed by atoms with Gasteiger partial charge in [-0.05, 0) is 111 Å². The number of pyridine rings is 1. The molecule has 0 amide bonds. The zero-order valence-corrected chi connectivity index (χ0v) is 29.7. The topological polar surface area (TPSA) is 21.1 Å². The summed E-state index contributed by atoms with van der Waals surface area (Å²) in [5.41, 5.74) is 16.7. The Hall–Kier alpha value is -6.71. The molecule has 7 aromatic carbocycles. The molecule has 252 valence electrons. The van der Waals surface area contributed by atoms with Crippen molar-refractivity contribution in [2.45, 2.75) is 19.3 Å². The molecule has 1 aliphatic carbocycles. The summed E-state index contributed by atoms with van der Waals surface area (Å²) in [4.78, 5) is 6.73. The first kappa shape index (κ1) is 31.1. The Bertz CT molecular complexity index is 2640. The van der Waals surface area contributed by atoms with Crippen molar-refractivity contribution in [1.29, 1.82) is 0 Å². The summed E-state index contributed by atoms with van der Waals surface area (Å²) in [6.07, 6.45) is 3.74. The van der Waals surface area contributed by atoms with Crippen molar-refractivity contribution in [3.8, 4) is 39.1 Å². The highest BCUT2D eigenvalue weighted by atomic mass is 15.1. The van der Waals surface area contributed by atoms with Crippen molar-refractivity contribution in [1.82, 2.24) is 9.55 Å². The number of para-hydroxylation sites is 2. The van der Waals surface area contributed by atoms with Crippen molar-refractivity contribution in [3.05, 3.63) is 199 Å². The van der Waals surface area contributed by atoms with E-state index in [9.17, 15) is 0 Å². The zero-order chi connectivity index (χ0) is 35.5. The summed E-state index contributed by atoms with van der Waals surface area (Å²) in [5, 5.41) is 2.56. The molecular weight excluding hydrogens is 643 g/mol. The molecule has 2 heterocycles. The largest absolute Gasteiger partial charge is 0.310 e. The minimum atomic E-state index is -0.206. The van der Waals surface area contributed by atoms with Crippen LogP contribution in [0.4, 0.5) is 17.1 Å². The van der Waals surface area contributed by atoms with Gasteiger partial charge in [-0.3, -0.25) is 4.98 Å². The first-order valence-electron chi connectivity index (χ1n) is 18.3. The van der Waals surface area contributed by atoms with E-state index in [0.717, 1.165) is 28.2 Å². The number of aromatic nitrogens is 2. The third kappa shape index (κ3) is 5.08. The molecule has 0 atom stereocenters. The molecule has 2 aromatic heterocycles. The van der Waals surface area contributed by atoms with Gasteiger partial charge in [0.1, 0.15) is 0 Å². The lowest BCUT2D eigenvalue weighted by Crippen LogP contribution is -2.17. The second kappa shape index (κ2) is 12.2. The molecule has 0 fully saturated rings. The van der Waals surface area contributed by atoms with Gasteiger partial charge in [-0.25, -0.2) is 0 Å². The number of benzene rings is 7. The monoisotopic (exact) mass is 679 g/mol. The van der Waals surface area contributed by atoms with E-state index in [-0.39, 0.29) is 5.41 Å². The first-order valence-corrected chi connectivity index (χ1v) is 18.3. The van der Waals surface area contributed by atoms with Crippen LogP contribution in [0, 0.1) is 0 Å².